The maximum atomic E-state index is 6.26. The van der Waals surface area contributed by atoms with E-state index >= 15 is 0 Å². The Bertz CT molecular complexity index is 634. The van der Waals surface area contributed by atoms with Crippen LogP contribution in [0, 0.1) is 34.5 Å². The average Bonchev–Trinajstić information content (AvgIpc) is 3.04. The molecule has 0 heterocycles. The Morgan fingerprint density at radius 2 is 1.89 bits per heavy atom. The molecule has 2 saturated carbocycles. The summed E-state index contributed by atoms with van der Waals surface area (Å²) < 4.78 is 12.0. The van der Waals surface area contributed by atoms with Crippen LogP contribution in [0.25, 0.3) is 0 Å². The van der Waals surface area contributed by atoms with Crippen LogP contribution in [0.3, 0.4) is 0 Å². The van der Waals surface area contributed by atoms with Gasteiger partial charge in [0.05, 0.1) is 12.2 Å². The first-order chi connectivity index (χ1) is 12.9. The van der Waals surface area contributed by atoms with E-state index in [0.717, 1.165) is 24.2 Å². The number of hydrogen-bond donors (Lipinski definition) is 0. The molecular weight excluding hydrogens is 332 g/mol. The normalized spacial score (nSPS) is 47.4. The zero-order valence-electron chi connectivity index (χ0n) is 18.4. The molecule has 8 atom stereocenters. The fourth-order valence-electron chi connectivity index (χ4n) is 7.68. The molecule has 0 aromatic rings. The van der Waals surface area contributed by atoms with Crippen molar-refractivity contribution in [2.75, 3.05) is 14.2 Å². The van der Waals surface area contributed by atoms with Crippen molar-refractivity contribution in [1.29, 1.82) is 0 Å². The number of allylic oxidation sites excluding steroid dienone is 2. The summed E-state index contributed by atoms with van der Waals surface area (Å²) in [5.74, 6) is 3.01. The third-order valence-corrected chi connectivity index (χ3v) is 9.54. The van der Waals surface area contributed by atoms with Crippen LogP contribution >= 0.6 is 0 Å². The van der Waals surface area contributed by atoms with Gasteiger partial charge in [-0.05, 0) is 74.0 Å². The van der Waals surface area contributed by atoms with Crippen molar-refractivity contribution in [1.82, 2.24) is 0 Å². The van der Waals surface area contributed by atoms with Crippen LogP contribution in [0.1, 0.15) is 72.6 Å². The Kier molecular flexibility index (Phi) is 5.13. The van der Waals surface area contributed by atoms with Crippen LogP contribution in [-0.4, -0.2) is 26.4 Å². The van der Waals surface area contributed by atoms with Crippen molar-refractivity contribution in [3.05, 3.63) is 23.3 Å². The second kappa shape index (κ2) is 7.02. The van der Waals surface area contributed by atoms with Gasteiger partial charge in [0.1, 0.15) is 0 Å². The number of hydrogen-bond acceptors (Lipinski definition) is 2. The number of methoxy groups -OCH3 is 2. The van der Waals surface area contributed by atoms with Gasteiger partial charge in [-0.2, -0.15) is 0 Å². The van der Waals surface area contributed by atoms with Gasteiger partial charge < -0.3 is 9.47 Å². The van der Waals surface area contributed by atoms with Crippen molar-refractivity contribution in [3.63, 3.8) is 0 Å². The molecule has 0 aromatic carbocycles. The van der Waals surface area contributed by atoms with E-state index in [4.69, 9.17) is 9.47 Å². The second-order valence-electron chi connectivity index (χ2n) is 10.3. The summed E-state index contributed by atoms with van der Waals surface area (Å²) in [5, 5.41) is 0. The topological polar surface area (TPSA) is 18.5 Å². The highest BCUT2D eigenvalue weighted by Crippen LogP contribution is 2.66. The van der Waals surface area contributed by atoms with Crippen molar-refractivity contribution in [3.8, 4) is 0 Å². The molecule has 0 bridgehead atoms. The summed E-state index contributed by atoms with van der Waals surface area (Å²) >= 11 is 0. The molecule has 4 aliphatic rings. The molecule has 0 spiro atoms. The highest BCUT2D eigenvalue weighted by Gasteiger charge is 2.60. The minimum Gasteiger partial charge on any atom is -0.381 e. The summed E-state index contributed by atoms with van der Waals surface area (Å²) in [5.41, 5.74) is 3.98. The fraction of sp³-hybridized carbons (Fsp3) is 0.840. The molecule has 0 N–H and O–H groups in total. The zero-order valence-corrected chi connectivity index (χ0v) is 18.4. The predicted octanol–water partition coefficient (Wildman–Crippen LogP) is 6.17. The predicted molar refractivity (Wildman–Crippen MR) is 112 cm³/mol. The summed E-state index contributed by atoms with van der Waals surface area (Å²) in [6.45, 7) is 9.86. The molecule has 2 nitrogen and oxygen atoms in total. The summed E-state index contributed by atoms with van der Waals surface area (Å²) in [6.07, 6.45) is 14.7. The first kappa shape index (κ1) is 19.7. The van der Waals surface area contributed by atoms with Crippen molar-refractivity contribution >= 4 is 0 Å². The largest absolute Gasteiger partial charge is 0.381 e. The van der Waals surface area contributed by atoms with Crippen LogP contribution < -0.4 is 0 Å². The molecule has 4 rings (SSSR count). The van der Waals surface area contributed by atoms with Crippen LogP contribution in [0.15, 0.2) is 23.3 Å². The molecule has 27 heavy (non-hydrogen) atoms. The Hall–Kier alpha value is -0.600. The lowest BCUT2D eigenvalue weighted by Crippen LogP contribution is -2.56. The molecule has 0 radical (unpaired) electrons. The highest BCUT2D eigenvalue weighted by atomic mass is 16.5. The standard InChI is InChI=1S/C25H40O2/c1-7-16(2)20-10-11-21-19-9-8-17-14-18(26-5)12-13-24(17,3)22(19)15-23(27-6)25(20,21)4/h8,10,16,18-19,21-23H,7,9,11-15H2,1-6H3/t16-,18+,19+,21+,22+,23-,24+,25-/m1/s1. The SMILES string of the molecule is CC[C@@H](C)C1=CC[C@H]2[C@@H]3CC=C4C[C@@H](OC)CC[C@]4(C)[C@H]3C[C@@H](OC)[C@]12C. The zero-order chi connectivity index (χ0) is 19.4. The molecule has 0 amide bonds. The Morgan fingerprint density at radius 3 is 2.56 bits per heavy atom. The monoisotopic (exact) mass is 372 g/mol. The van der Waals surface area contributed by atoms with Gasteiger partial charge in [-0.25, -0.2) is 0 Å². The Labute approximate surface area is 166 Å². The van der Waals surface area contributed by atoms with E-state index in [1.807, 2.05) is 14.2 Å². The lowest BCUT2D eigenvalue weighted by atomic mass is 9.46. The molecule has 2 fully saturated rings. The molecule has 0 aromatic heterocycles. The van der Waals surface area contributed by atoms with Crippen molar-refractivity contribution in [2.45, 2.75) is 84.8 Å². The van der Waals surface area contributed by atoms with Crippen LogP contribution in [0.5, 0.6) is 0 Å². The third kappa shape index (κ3) is 2.73. The maximum absolute atomic E-state index is 6.26. The van der Waals surface area contributed by atoms with Gasteiger partial charge in [-0.3, -0.25) is 0 Å². The van der Waals surface area contributed by atoms with Gasteiger partial charge >= 0.3 is 0 Å². The van der Waals surface area contributed by atoms with E-state index in [2.05, 4.69) is 39.8 Å². The third-order valence-electron chi connectivity index (χ3n) is 9.54. The van der Waals surface area contributed by atoms with Crippen LogP contribution in [-0.2, 0) is 9.47 Å². The van der Waals surface area contributed by atoms with E-state index in [9.17, 15) is 0 Å². The van der Waals surface area contributed by atoms with Gasteiger partial charge in [-0.15, -0.1) is 0 Å². The molecule has 2 heteroatoms. The van der Waals surface area contributed by atoms with E-state index in [1.54, 1.807) is 11.1 Å². The quantitative estimate of drug-likeness (QED) is 0.549. The van der Waals surface area contributed by atoms with Gasteiger partial charge in [0.2, 0.25) is 0 Å². The molecule has 0 unspecified atom stereocenters. The smallest absolute Gasteiger partial charge is 0.0668 e. The van der Waals surface area contributed by atoms with Crippen LogP contribution in [0.2, 0.25) is 0 Å². The highest BCUT2D eigenvalue weighted by molar-refractivity contribution is 5.33. The molecular formula is C25H40O2. The van der Waals surface area contributed by atoms with Gasteiger partial charge in [-0.1, -0.05) is 51.0 Å². The summed E-state index contributed by atoms with van der Waals surface area (Å²) in [6, 6.07) is 0. The van der Waals surface area contributed by atoms with Gasteiger partial charge in [0, 0.05) is 19.6 Å². The Morgan fingerprint density at radius 1 is 1.11 bits per heavy atom. The first-order valence-corrected chi connectivity index (χ1v) is 11.4. The van der Waals surface area contributed by atoms with E-state index in [-0.39, 0.29) is 5.41 Å². The molecule has 0 aliphatic heterocycles. The first-order valence-electron chi connectivity index (χ1n) is 11.4. The summed E-state index contributed by atoms with van der Waals surface area (Å²) in [7, 11) is 3.84. The molecule has 4 aliphatic carbocycles. The number of fused-ring (bicyclic) bond motifs is 5. The maximum Gasteiger partial charge on any atom is 0.0668 e. The minimum absolute atomic E-state index is 0.233. The lowest BCUT2D eigenvalue weighted by molar-refractivity contribution is -0.121. The number of ether oxygens (including phenoxy) is 2. The van der Waals surface area contributed by atoms with Gasteiger partial charge in [0.15, 0.2) is 0 Å². The van der Waals surface area contributed by atoms with Crippen molar-refractivity contribution in [2.24, 2.45) is 34.5 Å². The van der Waals surface area contributed by atoms with E-state index in [0.29, 0.717) is 23.5 Å². The Balaban J connectivity index is 1.69. The lowest BCUT2D eigenvalue weighted by Gasteiger charge is -2.60. The number of rotatable bonds is 4. The van der Waals surface area contributed by atoms with E-state index < -0.39 is 0 Å². The molecule has 0 saturated heterocycles. The molecule has 152 valence electrons. The average molecular weight is 373 g/mol. The second-order valence-corrected chi connectivity index (χ2v) is 10.3. The fourth-order valence-corrected chi connectivity index (χ4v) is 7.68. The van der Waals surface area contributed by atoms with Gasteiger partial charge in [0.25, 0.3) is 0 Å². The van der Waals surface area contributed by atoms with Crippen molar-refractivity contribution < 1.29 is 9.47 Å². The van der Waals surface area contributed by atoms with Crippen LogP contribution in [0.4, 0.5) is 0 Å². The van der Waals surface area contributed by atoms with E-state index in [1.165, 1.54) is 38.5 Å². The summed E-state index contributed by atoms with van der Waals surface area (Å²) in [4.78, 5) is 0. The minimum atomic E-state index is 0.233.